The molecule has 2 aromatic rings. The van der Waals surface area contributed by atoms with Crippen LogP contribution in [0.25, 0.3) is 0 Å². The maximum absolute atomic E-state index is 13.4. The number of nitrogen functional groups attached to an aromatic ring is 1. The molecule has 7 heteroatoms. The van der Waals surface area contributed by atoms with Crippen molar-refractivity contribution in [3.8, 4) is 5.75 Å². The van der Waals surface area contributed by atoms with Gasteiger partial charge in [0.2, 0.25) is 0 Å². The molecular formula is C17H16FN3O3. The number of aryl methyl sites for hydroxylation is 1. The molecule has 24 heavy (non-hydrogen) atoms. The second kappa shape index (κ2) is 5.92. The van der Waals surface area contributed by atoms with E-state index in [4.69, 9.17) is 10.5 Å². The van der Waals surface area contributed by atoms with E-state index in [1.807, 2.05) is 0 Å². The summed E-state index contributed by atoms with van der Waals surface area (Å²) in [5.74, 6) is -0.273. The Morgan fingerprint density at radius 3 is 2.83 bits per heavy atom. The molecule has 3 rings (SSSR count). The molecule has 1 unspecified atom stereocenters. The number of rotatable bonds is 3. The predicted octanol–water partition coefficient (Wildman–Crippen LogP) is 2.11. The highest BCUT2D eigenvalue weighted by Crippen LogP contribution is 2.33. The number of halogens is 1. The summed E-state index contributed by atoms with van der Waals surface area (Å²) in [4.78, 5) is 30.3. The van der Waals surface area contributed by atoms with E-state index >= 15 is 0 Å². The number of carbonyl (C=O) groups is 2. The number of nitrogens with zero attached hydrogens (tertiary/aromatic N) is 2. The third-order valence-corrected chi connectivity index (χ3v) is 3.82. The van der Waals surface area contributed by atoms with Crippen molar-refractivity contribution in [2.24, 2.45) is 0 Å². The van der Waals surface area contributed by atoms with Crippen LogP contribution in [0.5, 0.6) is 5.75 Å². The summed E-state index contributed by atoms with van der Waals surface area (Å²) in [6.07, 6.45) is -0.731. The highest BCUT2D eigenvalue weighted by molar-refractivity contribution is 6.07. The minimum Gasteiger partial charge on any atom is -0.477 e. The summed E-state index contributed by atoms with van der Waals surface area (Å²) in [6.45, 7) is 2.95. The van der Waals surface area contributed by atoms with Crippen LogP contribution < -0.4 is 15.4 Å². The molecule has 1 aliphatic heterocycles. The Hall–Kier alpha value is -2.96. The Morgan fingerprint density at radius 2 is 2.12 bits per heavy atom. The van der Waals surface area contributed by atoms with E-state index in [2.05, 4.69) is 4.98 Å². The van der Waals surface area contributed by atoms with E-state index in [0.29, 0.717) is 16.9 Å². The van der Waals surface area contributed by atoms with Gasteiger partial charge in [0.15, 0.2) is 23.5 Å². The molecule has 0 spiro atoms. The van der Waals surface area contributed by atoms with Gasteiger partial charge in [-0.25, -0.2) is 9.37 Å². The maximum Gasteiger partial charge on any atom is 0.269 e. The van der Waals surface area contributed by atoms with E-state index in [9.17, 15) is 14.0 Å². The van der Waals surface area contributed by atoms with E-state index < -0.39 is 6.10 Å². The van der Waals surface area contributed by atoms with Gasteiger partial charge in [-0.05, 0) is 49.7 Å². The summed E-state index contributed by atoms with van der Waals surface area (Å²) >= 11 is 0. The topological polar surface area (TPSA) is 85.5 Å². The van der Waals surface area contributed by atoms with E-state index in [0.717, 1.165) is 0 Å². The minimum atomic E-state index is -0.731. The molecule has 6 nitrogen and oxygen atoms in total. The number of carbonyl (C=O) groups excluding carboxylic acids is 2. The second-order valence-electron chi connectivity index (χ2n) is 5.63. The van der Waals surface area contributed by atoms with Crippen LogP contribution in [-0.4, -0.2) is 29.3 Å². The van der Waals surface area contributed by atoms with Crippen molar-refractivity contribution in [3.05, 3.63) is 47.3 Å². The van der Waals surface area contributed by atoms with Crippen molar-refractivity contribution in [2.75, 3.05) is 17.2 Å². The lowest BCUT2D eigenvalue weighted by Crippen LogP contribution is -2.47. The summed E-state index contributed by atoms with van der Waals surface area (Å²) in [6, 6.07) is 7.26. The normalized spacial score (nSPS) is 16.5. The molecule has 0 saturated heterocycles. The highest BCUT2D eigenvalue weighted by Gasteiger charge is 2.34. The first-order chi connectivity index (χ1) is 11.4. The summed E-state index contributed by atoms with van der Waals surface area (Å²) in [7, 11) is 0. The Kier molecular flexibility index (Phi) is 3.92. The number of fused-ring (bicyclic) bond motifs is 1. The molecule has 124 valence electrons. The zero-order chi connectivity index (χ0) is 17.4. The van der Waals surface area contributed by atoms with Crippen molar-refractivity contribution in [2.45, 2.75) is 20.0 Å². The number of aromatic nitrogens is 1. The zero-order valence-electron chi connectivity index (χ0n) is 13.2. The number of amides is 1. The van der Waals surface area contributed by atoms with Gasteiger partial charge in [-0.3, -0.25) is 14.5 Å². The first-order valence-corrected chi connectivity index (χ1v) is 7.40. The molecule has 0 saturated carbocycles. The van der Waals surface area contributed by atoms with Gasteiger partial charge in [0, 0.05) is 5.56 Å². The van der Waals surface area contributed by atoms with E-state index in [1.54, 1.807) is 26.0 Å². The van der Waals surface area contributed by atoms with Crippen molar-refractivity contribution in [1.82, 2.24) is 4.98 Å². The van der Waals surface area contributed by atoms with Crippen LogP contribution >= 0.6 is 0 Å². The average Bonchev–Trinajstić information content (AvgIpc) is 2.55. The Labute approximate surface area is 138 Å². The van der Waals surface area contributed by atoms with Crippen molar-refractivity contribution >= 4 is 23.3 Å². The lowest BCUT2D eigenvalue weighted by atomic mass is 10.1. The molecule has 1 amide bonds. The molecular weight excluding hydrogens is 313 g/mol. The monoisotopic (exact) mass is 329 g/mol. The third-order valence-electron chi connectivity index (χ3n) is 3.82. The van der Waals surface area contributed by atoms with Crippen LogP contribution in [0, 0.1) is 12.7 Å². The number of hydrogen-bond acceptors (Lipinski definition) is 5. The molecule has 0 fully saturated rings. The van der Waals surface area contributed by atoms with E-state index in [-0.39, 0.29) is 35.7 Å². The first kappa shape index (κ1) is 15.9. The van der Waals surface area contributed by atoms with Gasteiger partial charge in [-0.15, -0.1) is 0 Å². The number of nitrogens with two attached hydrogens (primary N) is 1. The number of Topliss-reactive ketones (excluding diaryl/α,β-unsaturated/α-hetero) is 1. The third kappa shape index (κ3) is 2.80. The molecule has 0 bridgehead atoms. The second-order valence-corrected chi connectivity index (χ2v) is 5.63. The van der Waals surface area contributed by atoms with Crippen molar-refractivity contribution < 1.29 is 18.7 Å². The molecule has 0 radical (unpaired) electrons. The molecule has 0 aliphatic carbocycles. The van der Waals surface area contributed by atoms with Gasteiger partial charge in [-0.1, -0.05) is 0 Å². The van der Waals surface area contributed by atoms with Crippen LogP contribution in [0.15, 0.2) is 30.3 Å². The van der Waals surface area contributed by atoms with Gasteiger partial charge in [0.05, 0.1) is 6.54 Å². The van der Waals surface area contributed by atoms with Gasteiger partial charge in [0.1, 0.15) is 11.6 Å². The minimum absolute atomic E-state index is 0.213. The Bertz CT molecular complexity index is 838. The fraction of sp³-hybridized carbons (Fsp3) is 0.235. The molecule has 1 aromatic heterocycles. The van der Waals surface area contributed by atoms with Crippen molar-refractivity contribution in [1.29, 1.82) is 0 Å². The first-order valence-electron chi connectivity index (χ1n) is 7.40. The smallest absolute Gasteiger partial charge is 0.269 e. The largest absolute Gasteiger partial charge is 0.477 e. The molecule has 1 atom stereocenters. The number of pyridine rings is 1. The van der Waals surface area contributed by atoms with Crippen LogP contribution in [0.2, 0.25) is 0 Å². The van der Waals surface area contributed by atoms with Crippen LogP contribution in [-0.2, 0) is 4.79 Å². The molecule has 2 N–H and O–H groups in total. The fourth-order valence-corrected chi connectivity index (χ4v) is 2.51. The fourth-order valence-electron chi connectivity index (χ4n) is 2.51. The SMILES string of the molecule is Cc1cc(C(=O)CN2C(=O)C(C)Oc3ccc(N)nc32)ccc1F. The van der Waals surface area contributed by atoms with Gasteiger partial charge in [-0.2, -0.15) is 0 Å². The zero-order valence-corrected chi connectivity index (χ0v) is 13.2. The average molecular weight is 329 g/mol. The lowest BCUT2D eigenvalue weighted by molar-refractivity contribution is -0.125. The highest BCUT2D eigenvalue weighted by atomic mass is 19.1. The number of benzene rings is 1. The standard InChI is InChI=1S/C17H16FN3O3/c1-9-7-11(3-4-12(9)18)13(22)8-21-16-14(5-6-15(19)20-16)24-10(2)17(21)23/h3-7,10H,8H2,1-2H3,(H2,19,20). The van der Waals surface area contributed by atoms with E-state index in [1.165, 1.54) is 23.1 Å². The Morgan fingerprint density at radius 1 is 1.38 bits per heavy atom. The quantitative estimate of drug-likeness (QED) is 0.872. The number of ether oxygens (including phenoxy) is 1. The summed E-state index contributed by atoms with van der Waals surface area (Å²) in [5.41, 5.74) is 6.36. The molecule has 1 aromatic carbocycles. The van der Waals surface area contributed by atoms with Crippen LogP contribution in [0.1, 0.15) is 22.8 Å². The number of ketones is 1. The maximum atomic E-state index is 13.4. The van der Waals surface area contributed by atoms with Crippen LogP contribution in [0.3, 0.4) is 0 Å². The van der Waals surface area contributed by atoms with Crippen molar-refractivity contribution in [3.63, 3.8) is 0 Å². The Balaban J connectivity index is 1.93. The molecule has 1 aliphatic rings. The lowest BCUT2D eigenvalue weighted by Gasteiger charge is -2.31. The van der Waals surface area contributed by atoms with Crippen LogP contribution in [0.4, 0.5) is 16.0 Å². The van der Waals surface area contributed by atoms with Gasteiger partial charge >= 0.3 is 0 Å². The summed E-state index contributed by atoms with van der Waals surface area (Å²) in [5, 5.41) is 0. The number of hydrogen-bond donors (Lipinski definition) is 1. The molecule has 2 heterocycles. The predicted molar refractivity (Wildman–Crippen MR) is 86.6 cm³/mol. The summed E-state index contributed by atoms with van der Waals surface area (Å²) < 4.78 is 18.8. The number of anilines is 2. The van der Waals surface area contributed by atoms with Gasteiger partial charge in [0.25, 0.3) is 5.91 Å². The van der Waals surface area contributed by atoms with Gasteiger partial charge < -0.3 is 10.5 Å².